The highest BCUT2D eigenvalue weighted by Gasteiger charge is 2.27. The van der Waals surface area contributed by atoms with Crippen molar-refractivity contribution in [2.75, 3.05) is 44.7 Å². The fraction of sp³-hybridized carbons (Fsp3) is 0.500. The van der Waals surface area contributed by atoms with E-state index < -0.39 is 0 Å². The van der Waals surface area contributed by atoms with Crippen LogP contribution in [0.1, 0.15) is 17.3 Å². The number of piperazine rings is 1. The average molecular weight is 318 g/mol. The van der Waals surface area contributed by atoms with Gasteiger partial charge in [-0.15, -0.1) is 0 Å². The molecule has 0 spiro atoms. The molecule has 0 aromatic heterocycles. The fourth-order valence-corrected chi connectivity index (χ4v) is 3.03. The van der Waals surface area contributed by atoms with E-state index in [2.05, 4.69) is 17.6 Å². The van der Waals surface area contributed by atoms with Gasteiger partial charge in [0.15, 0.2) is 0 Å². The molecule has 2 N–H and O–H groups in total. The van der Waals surface area contributed by atoms with Gasteiger partial charge in [0.2, 0.25) is 0 Å². The van der Waals surface area contributed by atoms with Crippen molar-refractivity contribution in [1.82, 2.24) is 15.5 Å². The number of hydrogen-bond acceptors (Lipinski definition) is 4. The van der Waals surface area contributed by atoms with E-state index in [0.29, 0.717) is 43.2 Å². The van der Waals surface area contributed by atoms with E-state index in [-0.39, 0.29) is 18.0 Å². The van der Waals surface area contributed by atoms with E-state index in [1.165, 1.54) is 0 Å². The Balaban J connectivity index is 1.88. The Morgan fingerprint density at radius 1 is 1.30 bits per heavy atom. The molecule has 7 heteroatoms. The van der Waals surface area contributed by atoms with E-state index in [1.807, 2.05) is 4.90 Å². The summed E-state index contributed by atoms with van der Waals surface area (Å²) in [6.45, 7) is 5.39. The van der Waals surface area contributed by atoms with Gasteiger partial charge in [-0.2, -0.15) is 0 Å². The minimum atomic E-state index is -0.163. The van der Waals surface area contributed by atoms with Crippen LogP contribution in [0.2, 0.25) is 0 Å². The smallest absolute Gasteiger partial charge is 0.322 e. The van der Waals surface area contributed by atoms with Crippen LogP contribution in [0.3, 0.4) is 0 Å². The molecule has 2 aliphatic rings. The van der Waals surface area contributed by atoms with Crippen molar-refractivity contribution in [1.29, 1.82) is 0 Å². The van der Waals surface area contributed by atoms with E-state index in [0.717, 1.165) is 6.54 Å². The predicted octanol–water partition coefficient (Wildman–Crippen LogP) is 0.659. The molecule has 0 aliphatic carbocycles. The number of urea groups is 1. The van der Waals surface area contributed by atoms with Crippen LogP contribution in [0.4, 0.5) is 10.5 Å². The van der Waals surface area contributed by atoms with Crippen LogP contribution < -0.4 is 20.3 Å². The summed E-state index contributed by atoms with van der Waals surface area (Å²) >= 11 is 0. The summed E-state index contributed by atoms with van der Waals surface area (Å²) in [6.07, 6.45) is 0. The van der Waals surface area contributed by atoms with Crippen molar-refractivity contribution in [2.24, 2.45) is 0 Å². The number of carbonyl (C=O) groups excluding carboxylic acids is 2. The fourth-order valence-electron chi connectivity index (χ4n) is 3.03. The highest BCUT2D eigenvalue weighted by atomic mass is 16.5. The summed E-state index contributed by atoms with van der Waals surface area (Å²) in [7, 11) is 1.56. The van der Waals surface area contributed by atoms with Crippen LogP contribution in [0.5, 0.6) is 5.75 Å². The molecule has 3 rings (SSSR count). The van der Waals surface area contributed by atoms with Crippen molar-refractivity contribution in [3.63, 3.8) is 0 Å². The van der Waals surface area contributed by atoms with Crippen LogP contribution in [0.15, 0.2) is 18.2 Å². The zero-order valence-corrected chi connectivity index (χ0v) is 13.5. The Morgan fingerprint density at radius 2 is 2.13 bits per heavy atom. The molecular weight excluding hydrogens is 296 g/mol. The third-order valence-electron chi connectivity index (χ3n) is 4.23. The van der Waals surface area contributed by atoms with Gasteiger partial charge >= 0.3 is 6.03 Å². The molecule has 1 atom stereocenters. The van der Waals surface area contributed by atoms with Gasteiger partial charge in [0, 0.05) is 44.3 Å². The minimum Gasteiger partial charge on any atom is -0.495 e. The molecule has 3 amide bonds. The number of nitrogens with zero attached hydrogens (tertiary/aromatic N) is 2. The van der Waals surface area contributed by atoms with Gasteiger partial charge in [-0.1, -0.05) is 0 Å². The molecule has 1 unspecified atom stereocenters. The predicted molar refractivity (Wildman–Crippen MR) is 87.1 cm³/mol. The van der Waals surface area contributed by atoms with Crippen LogP contribution in [-0.2, 0) is 0 Å². The highest BCUT2D eigenvalue weighted by Crippen LogP contribution is 2.31. The van der Waals surface area contributed by atoms with Crippen molar-refractivity contribution in [3.8, 4) is 5.75 Å². The number of benzene rings is 1. The lowest BCUT2D eigenvalue weighted by atomic mass is 10.1. The molecule has 2 fully saturated rings. The number of amides is 3. The van der Waals surface area contributed by atoms with Crippen LogP contribution in [-0.4, -0.2) is 62.7 Å². The number of ether oxygens (including phenoxy) is 1. The summed E-state index contributed by atoms with van der Waals surface area (Å²) in [5.74, 6) is 0.578. The van der Waals surface area contributed by atoms with Crippen LogP contribution in [0, 0.1) is 0 Å². The van der Waals surface area contributed by atoms with Crippen molar-refractivity contribution in [2.45, 2.75) is 13.0 Å². The molecule has 0 radical (unpaired) electrons. The third-order valence-corrected chi connectivity index (χ3v) is 4.23. The van der Waals surface area contributed by atoms with Crippen molar-refractivity contribution < 1.29 is 14.3 Å². The first-order valence-corrected chi connectivity index (χ1v) is 7.86. The molecule has 1 aromatic carbocycles. The van der Waals surface area contributed by atoms with E-state index in [1.54, 1.807) is 30.2 Å². The lowest BCUT2D eigenvalue weighted by Gasteiger charge is -2.32. The summed E-state index contributed by atoms with van der Waals surface area (Å²) in [5.41, 5.74) is 1.21. The first-order valence-electron chi connectivity index (χ1n) is 7.86. The molecule has 1 aromatic rings. The van der Waals surface area contributed by atoms with E-state index in [9.17, 15) is 9.59 Å². The summed E-state index contributed by atoms with van der Waals surface area (Å²) in [5, 5.41) is 6.09. The normalized spacial score (nSPS) is 21.3. The number of nitrogens with one attached hydrogen (secondary N) is 2. The molecule has 2 heterocycles. The van der Waals surface area contributed by atoms with Gasteiger partial charge in [-0.25, -0.2) is 4.79 Å². The van der Waals surface area contributed by atoms with Gasteiger partial charge < -0.3 is 20.3 Å². The van der Waals surface area contributed by atoms with Crippen LogP contribution in [0.25, 0.3) is 0 Å². The molecule has 23 heavy (non-hydrogen) atoms. The standard InChI is InChI=1S/C16H22N4O3/c1-11-10-19(7-5-17-11)15(21)12-3-4-14(23-2)13(9-12)20-8-6-18-16(20)22/h3-4,9,11,17H,5-8,10H2,1-2H3,(H,18,22). The largest absolute Gasteiger partial charge is 0.495 e. The Labute approximate surface area is 135 Å². The van der Waals surface area contributed by atoms with E-state index in [4.69, 9.17) is 4.74 Å². The highest BCUT2D eigenvalue weighted by molar-refractivity contribution is 6.00. The summed E-state index contributed by atoms with van der Waals surface area (Å²) < 4.78 is 5.35. The van der Waals surface area contributed by atoms with Crippen molar-refractivity contribution >= 4 is 17.6 Å². The Bertz CT molecular complexity index is 619. The molecule has 2 saturated heterocycles. The first kappa shape index (κ1) is 15.6. The first-order chi connectivity index (χ1) is 11.1. The number of rotatable bonds is 3. The molecule has 124 valence electrons. The Hall–Kier alpha value is -2.28. The third kappa shape index (κ3) is 3.10. The van der Waals surface area contributed by atoms with E-state index >= 15 is 0 Å². The topological polar surface area (TPSA) is 73.9 Å². The summed E-state index contributed by atoms with van der Waals surface area (Å²) in [4.78, 5) is 28.1. The number of methoxy groups -OCH3 is 1. The Kier molecular flexibility index (Phi) is 4.38. The molecule has 2 aliphatic heterocycles. The van der Waals surface area contributed by atoms with Gasteiger partial charge in [0.25, 0.3) is 5.91 Å². The number of carbonyl (C=O) groups is 2. The number of anilines is 1. The Morgan fingerprint density at radius 3 is 2.78 bits per heavy atom. The summed E-state index contributed by atoms with van der Waals surface area (Å²) in [6, 6.07) is 5.38. The van der Waals surface area contributed by atoms with Gasteiger partial charge in [0.1, 0.15) is 5.75 Å². The van der Waals surface area contributed by atoms with Gasteiger partial charge in [-0.3, -0.25) is 9.69 Å². The maximum Gasteiger partial charge on any atom is 0.322 e. The van der Waals surface area contributed by atoms with Crippen LogP contribution >= 0.6 is 0 Å². The average Bonchev–Trinajstić information content (AvgIpc) is 2.99. The zero-order chi connectivity index (χ0) is 16.4. The molecular formula is C16H22N4O3. The van der Waals surface area contributed by atoms with Gasteiger partial charge in [0.05, 0.1) is 12.8 Å². The lowest BCUT2D eigenvalue weighted by Crippen LogP contribution is -2.51. The molecule has 0 bridgehead atoms. The number of hydrogen-bond donors (Lipinski definition) is 2. The maximum absolute atomic E-state index is 12.7. The lowest BCUT2D eigenvalue weighted by molar-refractivity contribution is 0.0709. The van der Waals surface area contributed by atoms with Gasteiger partial charge in [-0.05, 0) is 25.1 Å². The maximum atomic E-state index is 12.7. The second kappa shape index (κ2) is 6.45. The molecule has 7 nitrogen and oxygen atoms in total. The quantitative estimate of drug-likeness (QED) is 0.859. The monoisotopic (exact) mass is 318 g/mol. The van der Waals surface area contributed by atoms with Crippen molar-refractivity contribution in [3.05, 3.63) is 23.8 Å². The second-order valence-corrected chi connectivity index (χ2v) is 5.88. The minimum absolute atomic E-state index is 0.0122. The second-order valence-electron chi connectivity index (χ2n) is 5.88. The SMILES string of the molecule is COc1ccc(C(=O)N2CCNC(C)C2)cc1N1CCNC1=O. The molecule has 0 saturated carbocycles. The zero-order valence-electron chi connectivity index (χ0n) is 13.5.